The predicted molar refractivity (Wildman–Crippen MR) is 132 cm³/mol. The van der Waals surface area contributed by atoms with Crippen LogP contribution in [-0.2, 0) is 43.2 Å². The van der Waals surface area contributed by atoms with Crippen LogP contribution >= 0.6 is 0 Å². The number of alkyl halides is 3. The smallest absolute Gasteiger partial charge is 0.416 e. The number of carbonyl (C=O) groups is 3. The number of rotatable bonds is 5. The molecule has 2 amide bonds. The standard InChI is InChI=1S/C29H23F3N2O5/c30-29(31,32)22-13-7-12-21(17-22)26-23-14-15-24(34(39-23)25(35)16-19-8-3-1-4-9-19)33(26)27(36)28(37)38-18-20-10-5-2-6-11-20/h1-15,17,23-24,26H,16,18H2/t23-,24+,26+/m0/s1. The van der Waals surface area contributed by atoms with E-state index < -0.39 is 47.8 Å². The highest BCUT2D eigenvalue weighted by Crippen LogP contribution is 2.41. The molecule has 3 heterocycles. The average Bonchev–Trinajstić information content (AvgIpc) is 2.96. The molecule has 3 aromatic rings. The highest BCUT2D eigenvalue weighted by atomic mass is 19.4. The van der Waals surface area contributed by atoms with Gasteiger partial charge in [0.1, 0.15) is 12.7 Å². The molecule has 7 nitrogen and oxygen atoms in total. The monoisotopic (exact) mass is 536 g/mol. The van der Waals surface area contributed by atoms with Crippen molar-refractivity contribution >= 4 is 17.8 Å². The Kier molecular flexibility index (Phi) is 7.21. The molecule has 3 aliphatic rings. The van der Waals surface area contributed by atoms with Crippen LogP contribution in [0.1, 0.15) is 28.3 Å². The Morgan fingerprint density at radius 1 is 0.846 bits per heavy atom. The summed E-state index contributed by atoms with van der Waals surface area (Å²) in [6.45, 7) is -0.176. The molecule has 3 aliphatic heterocycles. The summed E-state index contributed by atoms with van der Waals surface area (Å²) in [4.78, 5) is 46.5. The second kappa shape index (κ2) is 10.7. The van der Waals surface area contributed by atoms with E-state index in [1.807, 2.05) is 0 Å². The minimum atomic E-state index is -4.62. The largest absolute Gasteiger partial charge is 0.454 e. The van der Waals surface area contributed by atoms with Gasteiger partial charge >= 0.3 is 18.1 Å². The van der Waals surface area contributed by atoms with Crippen molar-refractivity contribution in [2.75, 3.05) is 0 Å². The first-order valence-corrected chi connectivity index (χ1v) is 12.1. The number of carbonyl (C=O) groups excluding carboxylic acids is 3. The van der Waals surface area contributed by atoms with E-state index in [0.29, 0.717) is 11.1 Å². The molecular weight excluding hydrogens is 513 g/mol. The summed E-state index contributed by atoms with van der Waals surface area (Å²) in [5.74, 6) is -2.79. The summed E-state index contributed by atoms with van der Waals surface area (Å²) in [6, 6.07) is 20.9. The first kappa shape index (κ1) is 26.2. The van der Waals surface area contributed by atoms with Crippen molar-refractivity contribution in [3.8, 4) is 0 Å². The van der Waals surface area contributed by atoms with Crippen LogP contribution in [0.15, 0.2) is 97.1 Å². The molecule has 200 valence electrons. The minimum absolute atomic E-state index is 0.0490. The van der Waals surface area contributed by atoms with E-state index in [0.717, 1.165) is 22.1 Å². The Morgan fingerprint density at radius 2 is 1.51 bits per heavy atom. The van der Waals surface area contributed by atoms with Gasteiger partial charge in [-0.2, -0.15) is 18.2 Å². The zero-order valence-electron chi connectivity index (χ0n) is 20.5. The Hall–Kier alpha value is -4.44. The number of ether oxygens (including phenoxy) is 1. The lowest BCUT2D eigenvalue weighted by atomic mass is 9.92. The van der Waals surface area contributed by atoms with Crippen molar-refractivity contribution in [3.05, 3.63) is 119 Å². The third kappa shape index (κ3) is 5.56. The number of hydrogen-bond donors (Lipinski definition) is 0. The van der Waals surface area contributed by atoms with E-state index in [4.69, 9.17) is 9.57 Å². The Bertz CT molecular complexity index is 1390. The first-order valence-electron chi connectivity index (χ1n) is 12.1. The van der Waals surface area contributed by atoms with Gasteiger partial charge < -0.3 is 4.74 Å². The van der Waals surface area contributed by atoms with Gasteiger partial charge in [0.15, 0.2) is 6.17 Å². The summed E-state index contributed by atoms with van der Waals surface area (Å²) < 4.78 is 45.7. The van der Waals surface area contributed by atoms with Crippen molar-refractivity contribution in [2.45, 2.75) is 37.5 Å². The molecule has 0 spiro atoms. The second-order valence-corrected chi connectivity index (χ2v) is 9.09. The van der Waals surface area contributed by atoms with Crippen LogP contribution in [0.5, 0.6) is 0 Å². The van der Waals surface area contributed by atoms with Crippen molar-refractivity contribution in [1.29, 1.82) is 0 Å². The molecule has 0 aromatic heterocycles. The number of benzene rings is 3. The molecule has 0 aliphatic carbocycles. The van der Waals surface area contributed by atoms with Gasteiger partial charge in [-0.25, -0.2) is 4.79 Å². The third-order valence-corrected chi connectivity index (χ3v) is 6.47. The number of nitrogens with zero attached hydrogens (tertiary/aromatic N) is 2. The highest BCUT2D eigenvalue weighted by Gasteiger charge is 2.51. The summed E-state index contributed by atoms with van der Waals surface area (Å²) in [5.41, 5.74) is 0.535. The fraction of sp³-hybridized carbons (Fsp3) is 0.207. The Morgan fingerprint density at radius 3 is 2.18 bits per heavy atom. The number of hydroxylamine groups is 2. The van der Waals surface area contributed by atoms with Crippen LogP contribution in [0.4, 0.5) is 13.2 Å². The SMILES string of the molecule is O=C(OCc1ccccc1)C(=O)N1[C@H](c2cccc(C(F)(F)F)c2)[C@@H]2C=C[C@H]1N(C(=O)Cc1ccccc1)O2. The molecular formula is C29H23F3N2O5. The lowest BCUT2D eigenvalue weighted by molar-refractivity contribution is -0.275. The minimum Gasteiger partial charge on any atom is -0.454 e. The lowest BCUT2D eigenvalue weighted by Gasteiger charge is -2.51. The molecule has 3 aromatic carbocycles. The number of halogens is 3. The van der Waals surface area contributed by atoms with E-state index in [2.05, 4.69) is 0 Å². The lowest BCUT2D eigenvalue weighted by Crippen LogP contribution is -2.65. The fourth-order valence-corrected chi connectivity index (χ4v) is 4.65. The molecule has 6 rings (SSSR count). The van der Waals surface area contributed by atoms with Crippen LogP contribution in [0.25, 0.3) is 0 Å². The molecule has 0 radical (unpaired) electrons. The molecule has 1 saturated heterocycles. The molecule has 0 saturated carbocycles. The zero-order valence-corrected chi connectivity index (χ0v) is 20.5. The predicted octanol–water partition coefficient (Wildman–Crippen LogP) is 4.60. The maximum atomic E-state index is 13.5. The molecule has 0 N–H and O–H groups in total. The molecule has 3 atom stereocenters. The molecule has 10 heteroatoms. The van der Waals surface area contributed by atoms with Crippen molar-refractivity contribution < 1.29 is 37.1 Å². The first-order chi connectivity index (χ1) is 18.7. The van der Waals surface area contributed by atoms with E-state index in [1.165, 1.54) is 18.2 Å². The number of fused-ring (bicyclic) bond motifs is 2. The Labute approximate surface area is 222 Å². The van der Waals surface area contributed by atoms with E-state index in [-0.39, 0.29) is 18.6 Å². The van der Waals surface area contributed by atoms with E-state index in [9.17, 15) is 27.6 Å². The van der Waals surface area contributed by atoms with Crippen LogP contribution in [0.3, 0.4) is 0 Å². The third-order valence-electron chi connectivity index (χ3n) is 6.47. The fourth-order valence-electron chi connectivity index (χ4n) is 4.65. The Balaban J connectivity index is 1.45. The van der Waals surface area contributed by atoms with Crippen LogP contribution < -0.4 is 0 Å². The number of esters is 1. The van der Waals surface area contributed by atoms with Gasteiger partial charge in [-0.05, 0) is 34.9 Å². The van der Waals surface area contributed by atoms with Crippen LogP contribution in [0, 0.1) is 0 Å². The van der Waals surface area contributed by atoms with Gasteiger partial charge in [0.05, 0.1) is 18.0 Å². The van der Waals surface area contributed by atoms with Gasteiger partial charge in [0.25, 0.3) is 5.91 Å². The van der Waals surface area contributed by atoms with E-state index in [1.54, 1.807) is 66.7 Å². The van der Waals surface area contributed by atoms with Crippen molar-refractivity contribution in [2.24, 2.45) is 0 Å². The normalized spacial score (nSPS) is 20.1. The molecule has 1 fully saturated rings. The second-order valence-electron chi connectivity index (χ2n) is 9.09. The molecule has 2 bridgehead atoms. The van der Waals surface area contributed by atoms with Crippen LogP contribution in [-0.4, -0.2) is 40.0 Å². The summed E-state index contributed by atoms with van der Waals surface area (Å²) >= 11 is 0. The van der Waals surface area contributed by atoms with Gasteiger partial charge in [-0.3, -0.25) is 19.3 Å². The van der Waals surface area contributed by atoms with Gasteiger partial charge in [0.2, 0.25) is 0 Å². The summed E-state index contributed by atoms with van der Waals surface area (Å²) in [5, 5.41) is 0.990. The number of amides is 2. The maximum absolute atomic E-state index is 13.5. The van der Waals surface area contributed by atoms with Crippen molar-refractivity contribution in [3.63, 3.8) is 0 Å². The van der Waals surface area contributed by atoms with E-state index >= 15 is 0 Å². The summed E-state index contributed by atoms with van der Waals surface area (Å²) in [7, 11) is 0. The average molecular weight is 537 g/mol. The summed E-state index contributed by atoms with van der Waals surface area (Å²) in [6.07, 6.45) is -3.79. The molecule has 39 heavy (non-hydrogen) atoms. The zero-order chi connectivity index (χ0) is 27.6. The van der Waals surface area contributed by atoms with Gasteiger partial charge in [-0.1, -0.05) is 78.9 Å². The quantitative estimate of drug-likeness (QED) is 0.271. The molecule has 0 unspecified atom stereocenters. The van der Waals surface area contributed by atoms with Crippen LogP contribution in [0.2, 0.25) is 0 Å². The topological polar surface area (TPSA) is 76.2 Å². The van der Waals surface area contributed by atoms with Gasteiger partial charge in [-0.15, -0.1) is 0 Å². The number of hydrogen-bond acceptors (Lipinski definition) is 5. The maximum Gasteiger partial charge on any atom is 0.416 e. The van der Waals surface area contributed by atoms with Gasteiger partial charge in [0, 0.05) is 0 Å². The highest BCUT2D eigenvalue weighted by molar-refractivity contribution is 6.32. The van der Waals surface area contributed by atoms with Crippen molar-refractivity contribution in [1.82, 2.24) is 9.96 Å².